The van der Waals surface area contributed by atoms with Crippen LogP contribution in [0.25, 0.3) is 0 Å². The van der Waals surface area contributed by atoms with Crippen molar-refractivity contribution in [2.45, 2.75) is 26.7 Å². The van der Waals surface area contributed by atoms with E-state index in [-0.39, 0.29) is 0 Å². The van der Waals surface area contributed by atoms with E-state index in [4.69, 9.17) is 5.73 Å². The summed E-state index contributed by atoms with van der Waals surface area (Å²) in [7, 11) is -3.44. The molecule has 2 unspecified atom stereocenters. The normalized spacial score (nSPS) is 23.3. The Labute approximate surface area is 140 Å². The van der Waals surface area contributed by atoms with Crippen LogP contribution in [-0.2, 0) is 16.6 Å². The predicted octanol–water partition coefficient (Wildman–Crippen LogP) is 1.71. The molecule has 1 aliphatic heterocycles. The summed E-state index contributed by atoms with van der Waals surface area (Å²) in [4.78, 5) is 0. The molecule has 1 heterocycles. The van der Waals surface area contributed by atoms with Crippen molar-refractivity contribution < 1.29 is 8.42 Å². The highest BCUT2D eigenvalue weighted by atomic mass is 32.2. The number of hydrogen-bond acceptors (Lipinski definition) is 3. The van der Waals surface area contributed by atoms with Gasteiger partial charge in [0.15, 0.2) is 0 Å². The number of rotatable bonds is 7. The van der Waals surface area contributed by atoms with E-state index >= 15 is 0 Å². The Morgan fingerprint density at radius 3 is 2.30 bits per heavy atom. The highest BCUT2D eigenvalue weighted by molar-refractivity contribution is 7.86. The number of piperidine rings is 1. The maximum Gasteiger partial charge on any atom is 0.282 e. The summed E-state index contributed by atoms with van der Waals surface area (Å²) in [5, 5.41) is 0. The van der Waals surface area contributed by atoms with Crippen LogP contribution in [0.2, 0.25) is 0 Å². The molecule has 130 valence electrons. The Morgan fingerprint density at radius 1 is 1.13 bits per heavy atom. The zero-order valence-electron chi connectivity index (χ0n) is 14.2. The van der Waals surface area contributed by atoms with Gasteiger partial charge in [0, 0.05) is 32.7 Å². The SMILES string of the molecule is CC1CC(C)CN(S(=O)(=O)N(CCN)CCc2ccccc2)C1. The van der Waals surface area contributed by atoms with Gasteiger partial charge in [0.2, 0.25) is 0 Å². The minimum absolute atomic E-state index is 0.340. The fourth-order valence-corrected chi connectivity index (χ4v) is 5.21. The van der Waals surface area contributed by atoms with E-state index < -0.39 is 10.2 Å². The van der Waals surface area contributed by atoms with Gasteiger partial charge >= 0.3 is 0 Å². The molecule has 0 aliphatic carbocycles. The summed E-state index contributed by atoms with van der Waals surface area (Å²) in [6.45, 7) is 6.65. The second-order valence-electron chi connectivity index (χ2n) is 6.69. The van der Waals surface area contributed by atoms with Crippen LogP contribution in [0, 0.1) is 11.8 Å². The third kappa shape index (κ3) is 5.01. The van der Waals surface area contributed by atoms with Crippen molar-refractivity contribution >= 4 is 10.2 Å². The lowest BCUT2D eigenvalue weighted by Crippen LogP contribution is -2.51. The molecule has 1 aliphatic rings. The molecular formula is C17H29N3O2S. The lowest BCUT2D eigenvalue weighted by atomic mass is 9.94. The second kappa shape index (κ2) is 8.24. The van der Waals surface area contributed by atoms with Gasteiger partial charge in [0.05, 0.1) is 0 Å². The monoisotopic (exact) mass is 339 g/mol. The molecule has 1 fully saturated rings. The molecule has 2 N–H and O–H groups in total. The molecule has 6 heteroatoms. The standard InChI is InChI=1S/C17H29N3O2S/c1-15-12-16(2)14-20(13-15)23(21,22)19(11-9-18)10-8-17-6-4-3-5-7-17/h3-7,15-16H,8-14,18H2,1-2H3. The summed E-state index contributed by atoms with van der Waals surface area (Å²) in [6.07, 6.45) is 1.80. The van der Waals surface area contributed by atoms with Crippen molar-refractivity contribution in [3.8, 4) is 0 Å². The van der Waals surface area contributed by atoms with Crippen LogP contribution in [0.4, 0.5) is 0 Å². The lowest BCUT2D eigenvalue weighted by Gasteiger charge is -2.37. The third-order valence-electron chi connectivity index (χ3n) is 4.36. The number of benzene rings is 1. The molecule has 0 amide bonds. The van der Waals surface area contributed by atoms with Crippen molar-refractivity contribution in [1.29, 1.82) is 0 Å². The number of nitrogens with zero attached hydrogens (tertiary/aromatic N) is 2. The first-order chi connectivity index (χ1) is 10.9. The van der Waals surface area contributed by atoms with E-state index in [1.165, 1.54) is 0 Å². The quantitative estimate of drug-likeness (QED) is 0.822. The van der Waals surface area contributed by atoms with Crippen molar-refractivity contribution in [2.24, 2.45) is 17.6 Å². The van der Waals surface area contributed by atoms with E-state index in [0.29, 0.717) is 51.0 Å². The Balaban J connectivity index is 2.08. The fourth-order valence-electron chi connectivity index (χ4n) is 3.34. The third-order valence-corrected chi connectivity index (χ3v) is 6.33. The Bertz CT molecular complexity index is 567. The highest BCUT2D eigenvalue weighted by Crippen LogP contribution is 2.24. The van der Waals surface area contributed by atoms with E-state index in [1.54, 1.807) is 8.61 Å². The zero-order chi connectivity index (χ0) is 16.9. The molecule has 23 heavy (non-hydrogen) atoms. The molecule has 1 aromatic carbocycles. The van der Waals surface area contributed by atoms with Crippen molar-refractivity contribution in [3.05, 3.63) is 35.9 Å². The molecule has 2 rings (SSSR count). The second-order valence-corrected chi connectivity index (χ2v) is 8.62. The minimum Gasteiger partial charge on any atom is -0.329 e. The van der Waals surface area contributed by atoms with Crippen molar-refractivity contribution in [2.75, 3.05) is 32.7 Å². The van der Waals surface area contributed by atoms with Gasteiger partial charge in [0.25, 0.3) is 10.2 Å². The molecule has 0 saturated carbocycles. The van der Waals surface area contributed by atoms with Gasteiger partial charge in [-0.15, -0.1) is 0 Å². The first-order valence-corrected chi connectivity index (χ1v) is 9.82. The zero-order valence-corrected chi connectivity index (χ0v) is 15.0. The van der Waals surface area contributed by atoms with E-state index in [9.17, 15) is 8.42 Å². The summed E-state index contributed by atoms with van der Waals surface area (Å²) in [5.74, 6) is 0.810. The Kier molecular flexibility index (Phi) is 6.59. The average Bonchev–Trinajstić information content (AvgIpc) is 2.51. The van der Waals surface area contributed by atoms with Crippen LogP contribution in [0.3, 0.4) is 0 Å². The molecule has 5 nitrogen and oxygen atoms in total. The van der Waals surface area contributed by atoms with Crippen molar-refractivity contribution in [1.82, 2.24) is 8.61 Å². The van der Waals surface area contributed by atoms with Crippen LogP contribution < -0.4 is 5.73 Å². The van der Waals surface area contributed by atoms with Crippen LogP contribution in [0.5, 0.6) is 0 Å². The van der Waals surface area contributed by atoms with Gasteiger partial charge in [0.1, 0.15) is 0 Å². The predicted molar refractivity (Wildman–Crippen MR) is 94.2 cm³/mol. The Morgan fingerprint density at radius 2 is 1.74 bits per heavy atom. The van der Waals surface area contributed by atoms with Gasteiger partial charge in [-0.25, -0.2) is 0 Å². The molecule has 0 radical (unpaired) electrons. The summed E-state index contributed by atoms with van der Waals surface area (Å²) < 4.78 is 29.2. The molecule has 1 saturated heterocycles. The van der Waals surface area contributed by atoms with Gasteiger partial charge in [-0.05, 0) is 30.2 Å². The molecule has 0 bridgehead atoms. The van der Waals surface area contributed by atoms with Gasteiger partial charge in [-0.2, -0.15) is 17.0 Å². The van der Waals surface area contributed by atoms with Crippen LogP contribution >= 0.6 is 0 Å². The first-order valence-electron chi connectivity index (χ1n) is 8.42. The minimum atomic E-state index is -3.44. The van der Waals surface area contributed by atoms with Gasteiger partial charge in [-0.3, -0.25) is 0 Å². The maximum absolute atomic E-state index is 13.0. The molecule has 2 atom stereocenters. The van der Waals surface area contributed by atoms with Crippen LogP contribution in [-0.4, -0.2) is 49.8 Å². The fraction of sp³-hybridized carbons (Fsp3) is 0.647. The van der Waals surface area contributed by atoms with E-state index in [1.807, 2.05) is 30.3 Å². The largest absolute Gasteiger partial charge is 0.329 e. The summed E-state index contributed by atoms with van der Waals surface area (Å²) in [5.41, 5.74) is 6.80. The maximum atomic E-state index is 13.0. The Hall–Kier alpha value is -0.950. The molecule has 0 spiro atoms. The van der Waals surface area contributed by atoms with Crippen LogP contribution in [0.1, 0.15) is 25.8 Å². The van der Waals surface area contributed by atoms with Gasteiger partial charge in [-0.1, -0.05) is 44.2 Å². The number of hydrogen-bond donors (Lipinski definition) is 1. The average molecular weight is 340 g/mol. The van der Waals surface area contributed by atoms with Crippen LogP contribution in [0.15, 0.2) is 30.3 Å². The summed E-state index contributed by atoms with van der Waals surface area (Å²) in [6, 6.07) is 9.97. The van der Waals surface area contributed by atoms with Gasteiger partial charge < -0.3 is 5.73 Å². The lowest BCUT2D eigenvalue weighted by molar-refractivity contribution is 0.209. The van der Waals surface area contributed by atoms with E-state index in [0.717, 1.165) is 12.0 Å². The molecule has 0 aromatic heterocycles. The van der Waals surface area contributed by atoms with Crippen molar-refractivity contribution in [3.63, 3.8) is 0 Å². The first kappa shape index (κ1) is 18.4. The smallest absolute Gasteiger partial charge is 0.282 e. The molecular weight excluding hydrogens is 310 g/mol. The topological polar surface area (TPSA) is 66.6 Å². The number of nitrogens with two attached hydrogens (primary N) is 1. The highest BCUT2D eigenvalue weighted by Gasteiger charge is 2.34. The summed E-state index contributed by atoms with van der Waals surface area (Å²) >= 11 is 0. The molecule has 1 aromatic rings. The van der Waals surface area contributed by atoms with E-state index in [2.05, 4.69) is 13.8 Å².